The van der Waals surface area contributed by atoms with Crippen LogP contribution >= 0.6 is 0 Å². The highest BCUT2D eigenvalue weighted by Gasteiger charge is 2.13. The number of aliphatic carboxylic acids is 2. The lowest BCUT2D eigenvalue weighted by Crippen LogP contribution is -2.09. The van der Waals surface area contributed by atoms with E-state index in [0.717, 1.165) is 12.0 Å². The molecule has 1 unspecified atom stereocenters. The summed E-state index contributed by atoms with van der Waals surface area (Å²) in [6.45, 7) is 1.55. The van der Waals surface area contributed by atoms with E-state index in [9.17, 15) is 9.59 Å². The Balaban J connectivity index is 2.68. The number of hydrogen-bond acceptors (Lipinski definition) is 3. The molecule has 0 aliphatic carbocycles. The van der Waals surface area contributed by atoms with E-state index >= 15 is 0 Å². The molecule has 2 N–H and O–H groups in total. The van der Waals surface area contributed by atoms with Gasteiger partial charge in [0.1, 0.15) is 5.75 Å². The van der Waals surface area contributed by atoms with Gasteiger partial charge in [-0.15, -0.1) is 0 Å². The number of rotatable bonds is 7. The van der Waals surface area contributed by atoms with Gasteiger partial charge in [0.05, 0.1) is 6.42 Å². The van der Waals surface area contributed by atoms with E-state index in [1.165, 1.54) is 0 Å². The van der Waals surface area contributed by atoms with Gasteiger partial charge in [-0.3, -0.25) is 4.79 Å². The van der Waals surface area contributed by atoms with Crippen LogP contribution < -0.4 is 4.74 Å². The second-order valence-electron chi connectivity index (χ2n) is 3.95. The summed E-state index contributed by atoms with van der Waals surface area (Å²) in [7, 11) is 0. The fraction of sp³-hybridized carbons (Fsp3) is 0.385. The topological polar surface area (TPSA) is 83.8 Å². The minimum atomic E-state index is -1.03. The molecule has 0 radical (unpaired) electrons. The predicted octanol–water partition coefficient (Wildman–Crippen LogP) is 2.12. The largest absolute Gasteiger partial charge is 0.482 e. The molecule has 98 valence electrons. The van der Waals surface area contributed by atoms with Crippen LogP contribution in [0.25, 0.3) is 0 Å². The highest BCUT2D eigenvalue weighted by molar-refractivity contribution is 5.68. The van der Waals surface area contributed by atoms with E-state index in [0.29, 0.717) is 5.75 Å². The van der Waals surface area contributed by atoms with Crippen LogP contribution in [0.1, 0.15) is 31.2 Å². The summed E-state index contributed by atoms with van der Waals surface area (Å²) < 4.78 is 5.00. The first-order chi connectivity index (χ1) is 8.52. The van der Waals surface area contributed by atoms with Crippen LogP contribution in [0, 0.1) is 0 Å². The maximum atomic E-state index is 10.7. The molecule has 1 rings (SSSR count). The molecule has 0 aliphatic rings. The lowest BCUT2D eigenvalue weighted by Gasteiger charge is -2.13. The zero-order valence-electron chi connectivity index (χ0n) is 10.1. The molecule has 0 aromatic heterocycles. The second kappa shape index (κ2) is 6.64. The predicted molar refractivity (Wildman–Crippen MR) is 64.9 cm³/mol. The second-order valence-corrected chi connectivity index (χ2v) is 3.95. The molecule has 0 heterocycles. The standard InChI is InChI=1S/C13H16O5/c1-2-9(7-12(14)15)10-3-5-11(6-4-10)18-8-13(16)17/h3-6,9H,2,7-8H2,1H3,(H,14,15)(H,16,17). The Morgan fingerprint density at radius 1 is 1.17 bits per heavy atom. The Kier molecular flexibility index (Phi) is 5.17. The average Bonchev–Trinajstić information content (AvgIpc) is 2.34. The molecule has 0 fully saturated rings. The van der Waals surface area contributed by atoms with Crippen molar-refractivity contribution >= 4 is 11.9 Å². The van der Waals surface area contributed by atoms with E-state index in [2.05, 4.69) is 0 Å². The summed E-state index contributed by atoms with van der Waals surface area (Å²) in [5.41, 5.74) is 0.919. The van der Waals surface area contributed by atoms with E-state index in [-0.39, 0.29) is 18.9 Å². The molecule has 1 aromatic rings. The van der Waals surface area contributed by atoms with Crippen LogP contribution in [-0.4, -0.2) is 28.8 Å². The van der Waals surface area contributed by atoms with Gasteiger partial charge < -0.3 is 14.9 Å². The van der Waals surface area contributed by atoms with Crippen LogP contribution in [-0.2, 0) is 9.59 Å². The van der Waals surface area contributed by atoms with Crippen molar-refractivity contribution in [2.45, 2.75) is 25.7 Å². The maximum absolute atomic E-state index is 10.7. The zero-order valence-corrected chi connectivity index (χ0v) is 10.1. The molecule has 5 heteroatoms. The number of carboxylic acids is 2. The van der Waals surface area contributed by atoms with Crippen molar-refractivity contribution in [1.29, 1.82) is 0 Å². The first-order valence-electron chi connectivity index (χ1n) is 5.69. The normalized spacial score (nSPS) is 11.8. The van der Waals surface area contributed by atoms with Gasteiger partial charge in [-0.25, -0.2) is 4.79 Å². The van der Waals surface area contributed by atoms with Crippen LogP contribution in [0.2, 0.25) is 0 Å². The lowest BCUT2D eigenvalue weighted by atomic mass is 9.93. The quantitative estimate of drug-likeness (QED) is 0.776. The lowest BCUT2D eigenvalue weighted by molar-refractivity contribution is -0.139. The molecule has 0 bridgehead atoms. The van der Waals surface area contributed by atoms with Crippen molar-refractivity contribution in [1.82, 2.24) is 0 Å². The Bertz CT molecular complexity index is 410. The van der Waals surface area contributed by atoms with Gasteiger partial charge in [0.2, 0.25) is 0 Å². The molecule has 0 saturated heterocycles. The Hall–Kier alpha value is -2.04. The third kappa shape index (κ3) is 4.45. The number of ether oxygens (including phenoxy) is 1. The fourth-order valence-electron chi connectivity index (χ4n) is 1.69. The average molecular weight is 252 g/mol. The Morgan fingerprint density at radius 2 is 1.78 bits per heavy atom. The van der Waals surface area contributed by atoms with E-state index in [4.69, 9.17) is 14.9 Å². The number of carbonyl (C=O) groups is 2. The van der Waals surface area contributed by atoms with Crippen molar-refractivity contribution in [2.24, 2.45) is 0 Å². The Morgan fingerprint density at radius 3 is 2.22 bits per heavy atom. The molecule has 0 amide bonds. The molecular formula is C13H16O5. The summed E-state index contributed by atoms with van der Waals surface area (Å²) in [6, 6.07) is 6.86. The molecule has 0 saturated carbocycles. The van der Waals surface area contributed by atoms with Gasteiger partial charge in [-0.2, -0.15) is 0 Å². The van der Waals surface area contributed by atoms with Gasteiger partial charge in [0, 0.05) is 0 Å². The fourth-order valence-corrected chi connectivity index (χ4v) is 1.69. The molecule has 0 spiro atoms. The van der Waals surface area contributed by atoms with Crippen molar-refractivity contribution in [3.05, 3.63) is 29.8 Å². The van der Waals surface area contributed by atoms with Crippen molar-refractivity contribution in [3.8, 4) is 5.75 Å². The van der Waals surface area contributed by atoms with Gasteiger partial charge in [-0.05, 0) is 30.0 Å². The van der Waals surface area contributed by atoms with Crippen molar-refractivity contribution in [3.63, 3.8) is 0 Å². The minimum absolute atomic E-state index is 0.0315. The number of carboxylic acid groups (broad SMARTS) is 2. The van der Waals surface area contributed by atoms with E-state index in [1.807, 2.05) is 6.92 Å². The molecule has 1 atom stereocenters. The molecule has 18 heavy (non-hydrogen) atoms. The Labute approximate surface area is 105 Å². The van der Waals surface area contributed by atoms with Crippen LogP contribution in [0.4, 0.5) is 0 Å². The molecule has 1 aromatic carbocycles. The first-order valence-corrected chi connectivity index (χ1v) is 5.69. The molecule has 0 aliphatic heterocycles. The molecular weight excluding hydrogens is 236 g/mol. The van der Waals surface area contributed by atoms with E-state index < -0.39 is 11.9 Å². The first kappa shape index (κ1) is 14.0. The minimum Gasteiger partial charge on any atom is -0.482 e. The monoisotopic (exact) mass is 252 g/mol. The summed E-state index contributed by atoms with van der Waals surface area (Å²) in [5.74, 6) is -1.42. The summed E-state index contributed by atoms with van der Waals surface area (Å²) in [4.78, 5) is 21.0. The third-order valence-corrected chi connectivity index (χ3v) is 2.63. The van der Waals surface area contributed by atoms with Gasteiger partial charge in [-0.1, -0.05) is 19.1 Å². The third-order valence-electron chi connectivity index (χ3n) is 2.63. The van der Waals surface area contributed by atoms with Gasteiger partial charge >= 0.3 is 11.9 Å². The van der Waals surface area contributed by atoms with Gasteiger partial charge in [0.25, 0.3) is 0 Å². The van der Waals surface area contributed by atoms with E-state index in [1.54, 1.807) is 24.3 Å². The molecule has 5 nitrogen and oxygen atoms in total. The highest BCUT2D eigenvalue weighted by Crippen LogP contribution is 2.25. The van der Waals surface area contributed by atoms with Crippen molar-refractivity contribution < 1.29 is 24.5 Å². The summed E-state index contributed by atoms with van der Waals surface area (Å²) in [5, 5.41) is 17.3. The maximum Gasteiger partial charge on any atom is 0.341 e. The van der Waals surface area contributed by atoms with Crippen molar-refractivity contribution in [2.75, 3.05) is 6.61 Å². The number of hydrogen-bond donors (Lipinski definition) is 2. The summed E-state index contributed by atoms with van der Waals surface area (Å²) in [6.07, 6.45) is 0.827. The highest BCUT2D eigenvalue weighted by atomic mass is 16.5. The van der Waals surface area contributed by atoms with Crippen LogP contribution in [0.5, 0.6) is 5.75 Å². The van der Waals surface area contributed by atoms with Crippen LogP contribution in [0.3, 0.4) is 0 Å². The SMILES string of the molecule is CCC(CC(=O)O)c1ccc(OCC(=O)O)cc1. The smallest absolute Gasteiger partial charge is 0.341 e. The summed E-state index contributed by atoms with van der Waals surface area (Å²) >= 11 is 0. The van der Waals surface area contributed by atoms with Gasteiger partial charge in [0.15, 0.2) is 6.61 Å². The zero-order chi connectivity index (χ0) is 13.5. The van der Waals surface area contributed by atoms with Crippen LogP contribution in [0.15, 0.2) is 24.3 Å². The number of benzene rings is 1.